The quantitative estimate of drug-likeness (QED) is 0.918. The number of carbonyl (C=O) groups is 2. The van der Waals surface area contributed by atoms with Crippen LogP contribution in [0.2, 0.25) is 0 Å². The van der Waals surface area contributed by atoms with Gasteiger partial charge in [-0.15, -0.1) is 0 Å². The van der Waals surface area contributed by atoms with Crippen LogP contribution in [0, 0.1) is 6.92 Å². The molecule has 0 spiro atoms. The molecule has 0 bridgehead atoms. The third kappa shape index (κ3) is 2.46. The third-order valence-electron chi connectivity index (χ3n) is 3.87. The van der Waals surface area contributed by atoms with E-state index in [1.807, 2.05) is 19.1 Å². The topological polar surface area (TPSA) is 70.5 Å². The minimum absolute atomic E-state index is 0.220. The van der Waals surface area contributed by atoms with Gasteiger partial charge in [-0.3, -0.25) is 9.78 Å². The Bertz CT molecular complexity index is 727. The lowest BCUT2D eigenvalue weighted by molar-refractivity contribution is -0.141. The van der Waals surface area contributed by atoms with Crippen molar-refractivity contribution in [1.82, 2.24) is 9.88 Å². The van der Waals surface area contributed by atoms with Crippen molar-refractivity contribution in [2.24, 2.45) is 0 Å². The largest absolute Gasteiger partial charge is 0.480 e. The predicted octanol–water partition coefficient (Wildman–Crippen LogP) is 2.23. The molecule has 1 aliphatic rings. The molecule has 1 aliphatic heterocycles. The Hall–Kier alpha value is -2.43. The number of rotatable bonds is 2. The van der Waals surface area contributed by atoms with E-state index in [0.717, 1.165) is 23.0 Å². The molecule has 108 valence electrons. The lowest BCUT2D eigenvalue weighted by Gasteiger charge is -2.21. The first-order chi connectivity index (χ1) is 10.1. The Kier molecular flexibility index (Phi) is 3.33. The molecule has 2 aromatic rings. The van der Waals surface area contributed by atoms with Crippen LogP contribution in [0.3, 0.4) is 0 Å². The molecule has 3 rings (SSSR count). The molecule has 1 amide bonds. The second kappa shape index (κ2) is 5.16. The van der Waals surface area contributed by atoms with Crippen molar-refractivity contribution in [1.29, 1.82) is 0 Å². The summed E-state index contributed by atoms with van der Waals surface area (Å²) in [5.41, 5.74) is 2.27. The highest BCUT2D eigenvalue weighted by atomic mass is 16.4. The number of aromatic nitrogens is 1. The number of aliphatic carboxylic acids is 1. The van der Waals surface area contributed by atoms with E-state index in [4.69, 9.17) is 0 Å². The second-order valence-corrected chi connectivity index (χ2v) is 5.35. The summed E-state index contributed by atoms with van der Waals surface area (Å²) in [5.74, 6) is -1.15. The summed E-state index contributed by atoms with van der Waals surface area (Å²) in [6, 6.07) is 8.42. The molecule has 5 nitrogen and oxygen atoms in total. The molecule has 1 N–H and O–H groups in total. The number of amides is 1. The Labute approximate surface area is 122 Å². The van der Waals surface area contributed by atoms with Gasteiger partial charge in [0.25, 0.3) is 5.91 Å². The van der Waals surface area contributed by atoms with Gasteiger partial charge in [0, 0.05) is 23.2 Å². The summed E-state index contributed by atoms with van der Waals surface area (Å²) in [4.78, 5) is 29.6. The van der Waals surface area contributed by atoms with Gasteiger partial charge in [-0.05, 0) is 44.0 Å². The molecular formula is C16H16N2O3. The molecule has 1 aromatic carbocycles. The molecular weight excluding hydrogens is 268 g/mol. The number of pyridine rings is 1. The standard InChI is InChI=1S/C16H16N2O3/c1-10-4-5-11-9-12(6-7-13(11)17-10)15(19)18-8-2-3-14(18)16(20)21/h4-7,9,14H,2-3,8H2,1H3,(H,20,21)/t14-/m0/s1. The van der Waals surface area contributed by atoms with E-state index in [-0.39, 0.29) is 5.91 Å². The van der Waals surface area contributed by atoms with Crippen LogP contribution < -0.4 is 0 Å². The maximum Gasteiger partial charge on any atom is 0.326 e. The summed E-state index contributed by atoms with van der Waals surface area (Å²) in [7, 11) is 0. The molecule has 1 fully saturated rings. The van der Waals surface area contributed by atoms with Gasteiger partial charge >= 0.3 is 5.97 Å². The Morgan fingerprint density at radius 2 is 2.10 bits per heavy atom. The molecule has 0 radical (unpaired) electrons. The van der Waals surface area contributed by atoms with Crippen LogP contribution in [0.5, 0.6) is 0 Å². The number of hydrogen-bond donors (Lipinski definition) is 1. The highest BCUT2D eigenvalue weighted by molar-refractivity contribution is 5.99. The van der Waals surface area contributed by atoms with Crippen LogP contribution in [0.1, 0.15) is 28.9 Å². The normalized spacial score (nSPS) is 18.1. The first kappa shape index (κ1) is 13.5. The maximum atomic E-state index is 12.5. The predicted molar refractivity (Wildman–Crippen MR) is 78.2 cm³/mol. The first-order valence-electron chi connectivity index (χ1n) is 6.97. The zero-order chi connectivity index (χ0) is 15.0. The minimum atomic E-state index is -0.932. The first-order valence-corrected chi connectivity index (χ1v) is 6.97. The maximum absolute atomic E-state index is 12.5. The fourth-order valence-electron chi connectivity index (χ4n) is 2.79. The van der Waals surface area contributed by atoms with Crippen LogP contribution in [0.15, 0.2) is 30.3 Å². The van der Waals surface area contributed by atoms with Crippen molar-refractivity contribution in [2.45, 2.75) is 25.8 Å². The monoisotopic (exact) mass is 284 g/mol. The molecule has 2 heterocycles. The molecule has 0 saturated carbocycles. The highest BCUT2D eigenvalue weighted by Gasteiger charge is 2.34. The van der Waals surface area contributed by atoms with Crippen molar-refractivity contribution in [3.8, 4) is 0 Å². The van der Waals surface area contributed by atoms with Crippen LogP contribution in [-0.2, 0) is 4.79 Å². The third-order valence-corrected chi connectivity index (χ3v) is 3.87. The van der Waals surface area contributed by atoms with E-state index in [0.29, 0.717) is 18.5 Å². The minimum Gasteiger partial charge on any atom is -0.480 e. The second-order valence-electron chi connectivity index (χ2n) is 5.35. The summed E-state index contributed by atoms with van der Waals surface area (Å²) < 4.78 is 0. The number of likely N-dealkylation sites (tertiary alicyclic amines) is 1. The summed E-state index contributed by atoms with van der Waals surface area (Å²) in [5, 5.41) is 10.1. The fraction of sp³-hybridized carbons (Fsp3) is 0.312. The van der Waals surface area contributed by atoms with E-state index in [1.54, 1.807) is 18.2 Å². The van der Waals surface area contributed by atoms with Gasteiger partial charge in [0.15, 0.2) is 0 Å². The summed E-state index contributed by atoms with van der Waals surface area (Å²) >= 11 is 0. The fourth-order valence-corrected chi connectivity index (χ4v) is 2.79. The molecule has 5 heteroatoms. The number of aryl methyl sites for hydroxylation is 1. The average molecular weight is 284 g/mol. The summed E-state index contributed by atoms with van der Waals surface area (Å²) in [6.07, 6.45) is 1.26. The van der Waals surface area contributed by atoms with E-state index in [9.17, 15) is 14.7 Å². The lowest BCUT2D eigenvalue weighted by Crippen LogP contribution is -2.40. The zero-order valence-electron chi connectivity index (χ0n) is 11.7. The summed E-state index contributed by atoms with van der Waals surface area (Å²) in [6.45, 7) is 2.42. The zero-order valence-corrected chi connectivity index (χ0v) is 11.7. The van der Waals surface area contributed by atoms with Gasteiger partial charge in [-0.1, -0.05) is 6.07 Å². The number of fused-ring (bicyclic) bond motifs is 1. The van der Waals surface area contributed by atoms with Gasteiger partial charge in [0.1, 0.15) is 6.04 Å². The van der Waals surface area contributed by atoms with Crippen LogP contribution >= 0.6 is 0 Å². The van der Waals surface area contributed by atoms with Crippen molar-refractivity contribution < 1.29 is 14.7 Å². The molecule has 1 saturated heterocycles. The Morgan fingerprint density at radius 1 is 1.29 bits per heavy atom. The highest BCUT2D eigenvalue weighted by Crippen LogP contribution is 2.22. The average Bonchev–Trinajstić information content (AvgIpc) is 2.95. The molecule has 1 aromatic heterocycles. The van der Waals surface area contributed by atoms with Crippen molar-refractivity contribution >= 4 is 22.8 Å². The van der Waals surface area contributed by atoms with Crippen molar-refractivity contribution in [3.05, 3.63) is 41.6 Å². The Morgan fingerprint density at radius 3 is 2.86 bits per heavy atom. The van der Waals surface area contributed by atoms with Gasteiger partial charge in [-0.25, -0.2) is 4.79 Å². The SMILES string of the molecule is Cc1ccc2cc(C(=O)N3CCC[C@H]3C(=O)O)ccc2n1. The van der Waals surface area contributed by atoms with Gasteiger partial charge in [-0.2, -0.15) is 0 Å². The molecule has 0 unspecified atom stereocenters. The van der Waals surface area contributed by atoms with Gasteiger partial charge < -0.3 is 10.0 Å². The number of carboxylic acid groups (broad SMARTS) is 1. The van der Waals surface area contributed by atoms with E-state index >= 15 is 0 Å². The number of hydrogen-bond acceptors (Lipinski definition) is 3. The van der Waals surface area contributed by atoms with E-state index in [1.165, 1.54) is 4.90 Å². The van der Waals surface area contributed by atoms with Crippen molar-refractivity contribution in [2.75, 3.05) is 6.54 Å². The molecule has 21 heavy (non-hydrogen) atoms. The van der Waals surface area contributed by atoms with Crippen LogP contribution in [-0.4, -0.2) is 39.5 Å². The van der Waals surface area contributed by atoms with E-state index < -0.39 is 12.0 Å². The Balaban J connectivity index is 1.94. The van der Waals surface area contributed by atoms with Crippen LogP contribution in [0.4, 0.5) is 0 Å². The number of carbonyl (C=O) groups excluding carboxylic acids is 1. The van der Waals surface area contributed by atoms with Gasteiger partial charge in [0.2, 0.25) is 0 Å². The van der Waals surface area contributed by atoms with Crippen molar-refractivity contribution in [3.63, 3.8) is 0 Å². The van der Waals surface area contributed by atoms with E-state index in [2.05, 4.69) is 4.98 Å². The van der Waals surface area contributed by atoms with Crippen LogP contribution in [0.25, 0.3) is 10.9 Å². The molecule has 1 atom stereocenters. The number of benzene rings is 1. The number of nitrogens with zero attached hydrogens (tertiary/aromatic N) is 2. The number of carboxylic acids is 1. The van der Waals surface area contributed by atoms with Gasteiger partial charge in [0.05, 0.1) is 5.52 Å². The smallest absolute Gasteiger partial charge is 0.326 e. The lowest BCUT2D eigenvalue weighted by atomic mass is 10.1. The molecule has 0 aliphatic carbocycles.